The molecule has 1 heterocycles. The van der Waals surface area contributed by atoms with Gasteiger partial charge in [0, 0.05) is 18.1 Å². The number of fused-ring (bicyclic) bond motifs is 2. The fourth-order valence-corrected chi connectivity index (χ4v) is 3.24. The van der Waals surface area contributed by atoms with Crippen molar-refractivity contribution in [1.82, 2.24) is 4.90 Å². The molecule has 28 heavy (non-hydrogen) atoms. The number of rotatable bonds is 6. The quantitative estimate of drug-likeness (QED) is 0.659. The van der Waals surface area contributed by atoms with E-state index in [0.29, 0.717) is 27.6 Å². The maximum Gasteiger partial charge on any atom is 0.257 e. The van der Waals surface area contributed by atoms with Crippen LogP contribution in [0.15, 0.2) is 42.5 Å². The van der Waals surface area contributed by atoms with Crippen LogP contribution in [0.2, 0.25) is 5.02 Å². The summed E-state index contributed by atoms with van der Waals surface area (Å²) in [6, 6.07) is 11.8. The summed E-state index contributed by atoms with van der Waals surface area (Å²) >= 11 is 6.06. The van der Waals surface area contributed by atoms with Crippen molar-refractivity contribution in [2.45, 2.75) is 0 Å². The lowest BCUT2D eigenvalue weighted by molar-refractivity contribution is -0.119. The Bertz CT molecular complexity index is 857. The first kappa shape index (κ1) is 22.1. The van der Waals surface area contributed by atoms with Crippen LogP contribution in [0.3, 0.4) is 0 Å². The van der Waals surface area contributed by atoms with E-state index in [1.165, 1.54) is 4.90 Å². The number of para-hydroxylation sites is 1. The van der Waals surface area contributed by atoms with Gasteiger partial charge in [-0.15, -0.1) is 12.4 Å². The monoisotopic (exact) mass is 425 g/mol. The summed E-state index contributed by atoms with van der Waals surface area (Å²) in [5.41, 5.74) is 1.78. The van der Waals surface area contributed by atoms with Crippen molar-refractivity contribution >= 4 is 52.9 Å². The summed E-state index contributed by atoms with van der Waals surface area (Å²) in [4.78, 5) is 28.9. The van der Waals surface area contributed by atoms with Gasteiger partial charge in [-0.05, 0) is 30.3 Å². The molecule has 0 spiro atoms. The van der Waals surface area contributed by atoms with E-state index in [4.69, 9.17) is 11.6 Å². The average Bonchev–Trinajstić information content (AvgIpc) is 2.76. The number of benzene rings is 2. The molecular weight excluding hydrogens is 405 g/mol. The van der Waals surface area contributed by atoms with Crippen LogP contribution in [0.1, 0.15) is 10.4 Å². The standard InChI is InChI=1S/C19H20ClN3O4.ClH/c20-13-5-6-17-15(11-13)21-19(27)14-3-1-2-4-16(14)23(17)18(26)12-22(7-9-24)8-10-25;/h1-6,11,24-25H,7-10,12H2,(H,21,27);1H. The lowest BCUT2D eigenvalue weighted by Gasteiger charge is -2.27. The van der Waals surface area contributed by atoms with Gasteiger partial charge in [-0.25, -0.2) is 0 Å². The zero-order valence-corrected chi connectivity index (χ0v) is 16.5. The van der Waals surface area contributed by atoms with Crippen molar-refractivity contribution in [3.8, 4) is 0 Å². The Morgan fingerprint density at radius 1 is 1.07 bits per heavy atom. The molecule has 3 rings (SSSR count). The molecule has 0 saturated heterocycles. The van der Waals surface area contributed by atoms with E-state index in [1.54, 1.807) is 47.4 Å². The highest BCUT2D eigenvalue weighted by atomic mass is 35.5. The van der Waals surface area contributed by atoms with Crippen LogP contribution in [0, 0.1) is 0 Å². The Labute approximate surface area is 173 Å². The lowest BCUT2D eigenvalue weighted by atomic mass is 10.1. The minimum atomic E-state index is -0.327. The van der Waals surface area contributed by atoms with E-state index in [9.17, 15) is 19.8 Å². The maximum atomic E-state index is 13.2. The van der Waals surface area contributed by atoms with E-state index >= 15 is 0 Å². The van der Waals surface area contributed by atoms with Gasteiger partial charge in [0.25, 0.3) is 5.91 Å². The summed E-state index contributed by atoms with van der Waals surface area (Å²) in [6.07, 6.45) is 0. The number of hydrogen-bond donors (Lipinski definition) is 3. The number of nitrogens with zero attached hydrogens (tertiary/aromatic N) is 2. The first-order valence-electron chi connectivity index (χ1n) is 8.52. The number of amides is 2. The molecule has 1 aliphatic heterocycles. The number of aliphatic hydroxyl groups excluding tert-OH is 2. The summed E-state index contributed by atoms with van der Waals surface area (Å²) in [6.45, 7) is 0.233. The Morgan fingerprint density at radius 2 is 1.75 bits per heavy atom. The lowest BCUT2D eigenvalue weighted by Crippen LogP contribution is -2.40. The van der Waals surface area contributed by atoms with Crippen molar-refractivity contribution in [2.24, 2.45) is 0 Å². The maximum absolute atomic E-state index is 13.2. The number of aliphatic hydroxyl groups is 2. The van der Waals surface area contributed by atoms with E-state index in [-0.39, 0.29) is 57.1 Å². The Balaban J connectivity index is 0.00000280. The summed E-state index contributed by atoms with van der Waals surface area (Å²) in [7, 11) is 0. The highest BCUT2D eigenvalue weighted by Gasteiger charge is 2.30. The minimum Gasteiger partial charge on any atom is -0.395 e. The number of carbonyl (C=O) groups is 2. The molecule has 0 atom stereocenters. The third-order valence-electron chi connectivity index (χ3n) is 4.28. The molecule has 2 aromatic rings. The molecule has 7 nitrogen and oxygen atoms in total. The molecule has 9 heteroatoms. The van der Waals surface area contributed by atoms with Crippen molar-refractivity contribution in [2.75, 3.05) is 43.1 Å². The molecular formula is C19H21Cl2N3O4. The minimum absolute atomic E-state index is 0. The van der Waals surface area contributed by atoms with Crippen molar-refractivity contribution in [1.29, 1.82) is 0 Å². The molecule has 150 valence electrons. The predicted octanol–water partition coefficient (Wildman–Crippen LogP) is 2.28. The molecule has 0 bridgehead atoms. The van der Waals surface area contributed by atoms with Crippen molar-refractivity contribution < 1.29 is 19.8 Å². The molecule has 0 saturated carbocycles. The van der Waals surface area contributed by atoms with Crippen LogP contribution >= 0.6 is 24.0 Å². The Morgan fingerprint density at radius 3 is 2.43 bits per heavy atom. The third-order valence-corrected chi connectivity index (χ3v) is 4.51. The van der Waals surface area contributed by atoms with Crippen LogP contribution in [0.5, 0.6) is 0 Å². The summed E-state index contributed by atoms with van der Waals surface area (Å²) in [5, 5.41) is 21.6. The number of anilines is 3. The summed E-state index contributed by atoms with van der Waals surface area (Å²) in [5.74, 6) is -0.614. The van der Waals surface area contributed by atoms with Crippen LogP contribution in [-0.2, 0) is 4.79 Å². The van der Waals surface area contributed by atoms with Gasteiger partial charge in [-0.1, -0.05) is 23.7 Å². The topological polar surface area (TPSA) is 93.1 Å². The third kappa shape index (κ3) is 4.63. The Hall–Kier alpha value is -2.16. The van der Waals surface area contributed by atoms with Crippen molar-refractivity contribution in [3.63, 3.8) is 0 Å². The average molecular weight is 426 g/mol. The van der Waals surface area contributed by atoms with Crippen LogP contribution < -0.4 is 10.2 Å². The van der Waals surface area contributed by atoms with E-state index < -0.39 is 0 Å². The first-order chi connectivity index (χ1) is 13.0. The second kappa shape index (κ2) is 9.86. The molecule has 2 amide bonds. The van der Waals surface area contributed by atoms with E-state index in [2.05, 4.69) is 5.32 Å². The highest BCUT2D eigenvalue weighted by Crippen LogP contribution is 2.39. The van der Waals surface area contributed by atoms with Crippen LogP contribution in [0.4, 0.5) is 17.1 Å². The number of carbonyl (C=O) groups excluding carboxylic acids is 2. The summed E-state index contributed by atoms with van der Waals surface area (Å²) < 4.78 is 0. The second-order valence-corrected chi connectivity index (χ2v) is 6.52. The fourth-order valence-electron chi connectivity index (χ4n) is 3.07. The SMILES string of the molecule is Cl.O=C1Nc2cc(Cl)ccc2N(C(=O)CN(CCO)CCO)c2ccccc21. The van der Waals surface area contributed by atoms with Gasteiger partial charge < -0.3 is 15.5 Å². The smallest absolute Gasteiger partial charge is 0.257 e. The molecule has 0 aliphatic carbocycles. The van der Waals surface area contributed by atoms with Gasteiger partial charge >= 0.3 is 0 Å². The predicted molar refractivity (Wildman–Crippen MR) is 111 cm³/mol. The molecule has 0 radical (unpaired) electrons. The fraction of sp³-hybridized carbons (Fsp3) is 0.263. The second-order valence-electron chi connectivity index (χ2n) is 6.09. The largest absolute Gasteiger partial charge is 0.395 e. The van der Waals surface area contributed by atoms with Crippen molar-refractivity contribution in [3.05, 3.63) is 53.1 Å². The number of halogens is 2. The zero-order chi connectivity index (χ0) is 19.4. The van der Waals surface area contributed by atoms with Gasteiger partial charge in [-0.3, -0.25) is 19.4 Å². The first-order valence-corrected chi connectivity index (χ1v) is 8.90. The van der Waals surface area contributed by atoms with E-state index in [1.807, 2.05) is 0 Å². The molecule has 0 unspecified atom stereocenters. The molecule has 1 aliphatic rings. The number of hydrogen-bond acceptors (Lipinski definition) is 5. The van der Waals surface area contributed by atoms with E-state index in [0.717, 1.165) is 0 Å². The van der Waals surface area contributed by atoms with Gasteiger partial charge in [-0.2, -0.15) is 0 Å². The molecule has 2 aromatic carbocycles. The van der Waals surface area contributed by atoms with Gasteiger partial charge in [0.1, 0.15) is 0 Å². The van der Waals surface area contributed by atoms with Gasteiger partial charge in [0.05, 0.1) is 42.4 Å². The molecule has 3 N–H and O–H groups in total. The van der Waals surface area contributed by atoms with Crippen LogP contribution in [-0.4, -0.2) is 59.8 Å². The molecule has 0 aromatic heterocycles. The zero-order valence-electron chi connectivity index (χ0n) is 15.0. The molecule has 0 fully saturated rings. The highest BCUT2D eigenvalue weighted by molar-refractivity contribution is 6.31. The van der Waals surface area contributed by atoms with Crippen LogP contribution in [0.25, 0.3) is 0 Å². The Kier molecular flexibility index (Phi) is 7.79. The van der Waals surface area contributed by atoms with Gasteiger partial charge in [0.2, 0.25) is 5.91 Å². The van der Waals surface area contributed by atoms with Gasteiger partial charge in [0.15, 0.2) is 0 Å². The number of nitrogens with one attached hydrogen (secondary N) is 1. The normalized spacial score (nSPS) is 12.6.